The Hall–Kier alpha value is -1.44. The Kier molecular flexibility index (Phi) is 5.76. The Labute approximate surface area is 150 Å². The Morgan fingerprint density at radius 2 is 1.80 bits per heavy atom. The van der Waals surface area contributed by atoms with E-state index in [9.17, 15) is 13.2 Å². The van der Waals surface area contributed by atoms with Crippen molar-refractivity contribution in [2.45, 2.75) is 38.5 Å². The maximum Gasteiger partial charge on any atom is 0.281 e. The van der Waals surface area contributed by atoms with Crippen molar-refractivity contribution in [3.63, 3.8) is 0 Å². The second-order valence-corrected chi connectivity index (χ2v) is 9.03. The molecule has 0 bridgehead atoms. The third-order valence-corrected chi connectivity index (χ3v) is 7.20. The number of nitrogens with two attached hydrogens (primary N) is 1. The fraction of sp³-hybridized carbons (Fsp3) is 0.611. The molecule has 0 radical (unpaired) electrons. The third kappa shape index (κ3) is 4.40. The molecule has 138 valence electrons. The molecule has 7 heteroatoms. The first-order valence-electron chi connectivity index (χ1n) is 9.11. The van der Waals surface area contributed by atoms with Crippen LogP contribution < -0.4 is 5.73 Å². The maximum absolute atomic E-state index is 12.9. The van der Waals surface area contributed by atoms with E-state index in [4.69, 9.17) is 5.73 Å². The molecule has 2 heterocycles. The van der Waals surface area contributed by atoms with E-state index in [1.54, 1.807) is 14.7 Å². The second-order valence-electron chi connectivity index (χ2n) is 7.10. The highest BCUT2D eigenvalue weighted by molar-refractivity contribution is 7.86. The average Bonchev–Trinajstić information content (AvgIpc) is 2.88. The summed E-state index contributed by atoms with van der Waals surface area (Å²) in [6.07, 6.45) is 5.77. The molecule has 6 nitrogen and oxygen atoms in total. The average molecular weight is 365 g/mol. The van der Waals surface area contributed by atoms with Gasteiger partial charge in [-0.25, -0.2) is 0 Å². The van der Waals surface area contributed by atoms with Crippen LogP contribution in [0.15, 0.2) is 24.3 Å². The molecule has 0 aliphatic carbocycles. The van der Waals surface area contributed by atoms with Crippen LogP contribution in [0, 0.1) is 5.92 Å². The van der Waals surface area contributed by atoms with E-state index in [0.717, 1.165) is 44.1 Å². The number of amides is 1. The molecule has 2 aliphatic rings. The van der Waals surface area contributed by atoms with Gasteiger partial charge in [-0.3, -0.25) is 4.79 Å². The Morgan fingerprint density at radius 1 is 1.08 bits per heavy atom. The minimum absolute atomic E-state index is 0.282. The molecule has 1 amide bonds. The predicted molar refractivity (Wildman–Crippen MR) is 97.3 cm³/mol. The monoisotopic (exact) mass is 365 g/mol. The summed E-state index contributed by atoms with van der Waals surface area (Å²) in [4.78, 5) is 11.3. The Morgan fingerprint density at radius 3 is 2.48 bits per heavy atom. The number of carbonyl (C=O) groups is 1. The van der Waals surface area contributed by atoms with Crippen molar-refractivity contribution >= 4 is 16.1 Å². The first-order chi connectivity index (χ1) is 12.0. The van der Waals surface area contributed by atoms with Gasteiger partial charge in [-0.15, -0.1) is 0 Å². The molecule has 2 fully saturated rings. The minimum Gasteiger partial charge on any atom is -0.366 e. The van der Waals surface area contributed by atoms with Gasteiger partial charge in [0.05, 0.1) is 0 Å². The van der Waals surface area contributed by atoms with Gasteiger partial charge in [0.15, 0.2) is 0 Å². The zero-order valence-electron chi connectivity index (χ0n) is 14.6. The van der Waals surface area contributed by atoms with Crippen LogP contribution >= 0.6 is 0 Å². The predicted octanol–water partition coefficient (Wildman–Crippen LogP) is 1.77. The van der Waals surface area contributed by atoms with E-state index in [1.807, 2.05) is 18.2 Å². The van der Waals surface area contributed by atoms with Gasteiger partial charge < -0.3 is 5.73 Å². The number of carbonyl (C=O) groups excluding carboxylic acids is 1. The molecule has 0 spiro atoms. The molecule has 2 saturated heterocycles. The molecular weight excluding hydrogens is 338 g/mol. The number of rotatable bonds is 5. The summed E-state index contributed by atoms with van der Waals surface area (Å²) in [7, 11) is -3.34. The molecule has 0 saturated carbocycles. The Bertz CT molecular complexity index is 712. The molecule has 1 aromatic rings. The molecule has 1 aromatic carbocycles. The van der Waals surface area contributed by atoms with Crippen LogP contribution in [-0.2, 0) is 16.6 Å². The number of nitrogens with zero attached hydrogens (tertiary/aromatic N) is 2. The fourth-order valence-corrected chi connectivity index (χ4v) is 5.58. The van der Waals surface area contributed by atoms with Gasteiger partial charge in [-0.1, -0.05) is 25.0 Å². The molecular formula is C18H27N3O3S. The molecule has 1 atom stereocenters. The summed E-state index contributed by atoms with van der Waals surface area (Å²) in [6.45, 7) is 2.42. The van der Waals surface area contributed by atoms with E-state index in [0.29, 0.717) is 31.7 Å². The SMILES string of the molecule is NC(=O)c1cccc(CC2CCN(S(=O)(=O)N3CCCCCC3)C2)c1. The van der Waals surface area contributed by atoms with Crippen LogP contribution in [0.1, 0.15) is 48.0 Å². The van der Waals surface area contributed by atoms with Crippen LogP contribution in [-0.4, -0.2) is 49.1 Å². The highest BCUT2D eigenvalue weighted by Gasteiger charge is 2.35. The molecule has 3 rings (SSSR count). The number of hydrogen-bond acceptors (Lipinski definition) is 3. The summed E-state index contributed by atoms with van der Waals surface area (Å²) in [5.41, 5.74) is 6.87. The van der Waals surface area contributed by atoms with Gasteiger partial charge in [0.25, 0.3) is 10.2 Å². The summed E-state index contributed by atoms with van der Waals surface area (Å²) >= 11 is 0. The second kappa shape index (κ2) is 7.85. The van der Waals surface area contributed by atoms with Crippen molar-refractivity contribution in [1.82, 2.24) is 8.61 Å². The van der Waals surface area contributed by atoms with Crippen molar-refractivity contribution in [2.24, 2.45) is 11.7 Å². The standard InChI is InChI=1S/C18H27N3O3S/c19-18(22)17-7-5-6-15(13-17)12-16-8-11-21(14-16)25(23,24)20-9-3-1-2-4-10-20/h5-7,13,16H,1-4,8-12,14H2,(H2,19,22). The molecule has 2 aliphatic heterocycles. The van der Waals surface area contributed by atoms with E-state index in [-0.39, 0.29) is 5.92 Å². The third-order valence-electron chi connectivity index (χ3n) is 5.20. The maximum atomic E-state index is 12.9. The van der Waals surface area contributed by atoms with Crippen LogP contribution in [0.3, 0.4) is 0 Å². The van der Waals surface area contributed by atoms with Gasteiger partial charge in [0, 0.05) is 31.7 Å². The zero-order valence-corrected chi connectivity index (χ0v) is 15.4. The lowest BCUT2D eigenvalue weighted by atomic mass is 9.97. The van der Waals surface area contributed by atoms with E-state index in [1.165, 1.54) is 0 Å². The van der Waals surface area contributed by atoms with Gasteiger partial charge in [-0.05, 0) is 49.3 Å². The highest BCUT2D eigenvalue weighted by atomic mass is 32.2. The van der Waals surface area contributed by atoms with Crippen molar-refractivity contribution in [1.29, 1.82) is 0 Å². The summed E-state index contributed by atoms with van der Waals surface area (Å²) < 4.78 is 29.0. The van der Waals surface area contributed by atoms with Gasteiger partial charge >= 0.3 is 0 Å². The molecule has 2 N–H and O–H groups in total. The lowest BCUT2D eigenvalue weighted by Gasteiger charge is -2.26. The van der Waals surface area contributed by atoms with Gasteiger partial charge in [0.1, 0.15) is 0 Å². The fourth-order valence-electron chi connectivity index (χ4n) is 3.79. The first kappa shape index (κ1) is 18.4. The number of benzene rings is 1. The smallest absolute Gasteiger partial charge is 0.281 e. The van der Waals surface area contributed by atoms with Crippen LogP contribution in [0.4, 0.5) is 0 Å². The number of primary amides is 1. The van der Waals surface area contributed by atoms with Gasteiger partial charge in [0.2, 0.25) is 5.91 Å². The van der Waals surface area contributed by atoms with Crippen molar-refractivity contribution in [3.05, 3.63) is 35.4 Å². The van der Waals surface area contributed by atoms with Crippen LogP contribution in [0.25, 0.3) is 0 Å². The van der Waals surface area contributed by atoms with E-state index >= 15 is 0 Å². The van der Waals surface area contributed by atoms with Crippen molar-refractivity contribution < 1.29 is 13.2 Å². The molecule has 0 aromatic heterocycles. The number of hydrogen-bond donors (Lipinski definition) is 1. The quantitative estimate of drug-likeness (QED) is 0.863. The largest absolute Gasteiger partial charge is 0.366 e. The summed E-state index contributed by atoms with van der Waals surface area (Å²) in [5.74, 6) is -0.150. The van der Waals surface area contributed by atoms with E-state index < -0.39 is 16.1 Å². The zero-order chi connectivity index (χ0) is 17.9. The first-order valence-corrected chi connectivity index (χ1v) is 10.5. The Balaban J connectivity index is 1.63. The highest BCUT2D eigenvalue weighted by Crippen LogP contribution is 2.26. The lowest BCUT2D eigenvalue weighted by molar-refractivity contribution is 0.1000. The topological polar surface area (TPSA) is 83.7 Å². The minimum atomic E-state index is -3.34. The summed E-state index contributed by atoms with van der Waals surface area (Å²) in [6, 6.07) is 7.32. The molecule has 1 unspecified atom stereocenters. The molecule has 25 heavy (non-hydrogen) atoms. The van der Waals surface area contributed by atoms with Gasteiger partial charge in [-0.2, -0.15) is 17.0 Å². The van der Waals surface area contributed by atoms with Crippen molar-refractivity contribution in [2.75, 3.05) is 26.2 Å². The van der Waals surface area contributed by atoms with E-state index in [2.05, 4.69) is 0 Å². The van der Waals surface area contributed by atoms with Crippen molar-refractivity contribution in [3.8, 4) is 0 Å². The summed E-state index contributed by atoms with van der Waals surface area (Å²) in [5, 5.41) is 0. The lowest BCUT2D eigenvalue weighted by Crippen LogP contribution is -2.43. The van der Waals surface area contributed by atoms with Crippen LogP contribution in [0.5, 0.6) is 0 Å². The normalized spacial score (nSPS) is 23.4. The van der Waals surface area contributed by atoms with Crippen LogP contribution in [0.2, 0.25) is 0 Å².